The summed E-state index contributed by atoms with van der Waals surface area (Å²) in [6, 6.07) is 13.5. The number of nitrogens with zero attached hydrogens (tertiary/aromatic N) is 1. The highest BCUT2D eigenvalue weighted by molar-refractivity contribution is 9.10. The molecule has 0 aromatic heterocycles. The van der Waals surface area contributed by atoms with Crippen LogP contribution in [0.2, 0.25) is 0 Å². The molecule has 0 aliphatic carbocycles. The number of carbonyl (C=O) groups is 2. The van der Waals surface area contributed by atoms with E-state index in [0.717, 1.165) is 41.5 Å². The van der Waals surface area contributed by atoms with Gasteiger partial charge in [-0.3, -0.25) is 4.79 Å². The third-order valence-corrected chi connectivity index (χ3v) is 6.67. The first kappa shape index (κ1) is 24.3. The molecule has 1 aliphatic rings. The minimum atomic E-state index is -0.476. The standard InChI is InChI=1S/C26H33BrN2O3/c1-3-8-22(21-14-13-20(27)17-23(21)29-15-6-5-7-16-29)24(25(28)30)18-9-11-19(12-10-18)26(31)32-4-2/h9-14,17,22,24H,3-8,15-16H2,1-2H3,(H2,28,30). The molecule has 172 valence electrons. The van der Waals surface area contributed by atoms with Gasteiger partial charge in [0.15, 0.2) is 0 Å². The van der Waals surface area contributed by atoms with E-state index in [-0.39, 0.29) is 17.8 Å². The SMILES string of the molecule is CCCC(c1ccc(Br)cc1N1CCCCC1)C(C(N)=O)c1ccc(C(=O)OCC)cc1. The fraction of sp³-hybridized carbons (Fsp3) is 0.462. The molecule has 2 aromatic carbocycles. The second kappa shape index (κ2) is 11.5. The Morgan fingerprint density at radius 2 is 1.75 bits per heavy atom. The van der Waals surface area contributed by atoms with Gasteiger partial charge >= 0.3 is 5.97 Å². The van der Waals surface area contributed by atoms with E-state index in [9.17, 15) is 9.59 Å². The number of piperidine rings is 1. The number of hydrogen-bond donors (Lipinski definition) is 1. The Morgan fingerprint density at radius 1 is 1.06 bits per heavy atom. The Kier molecular flexibility index (Phi) is 8.74. The van der Waals surface area contributed by atoms with Gasteiger partial charge in [-0.05, 0) is 68.0 Å². The van der Waals surface area contributed by atoms with Crippen molar-refractivity contribution >= 4 is 33.5 Å². The molecule has 2 aromatic rings. The smallest absolute Gasteiger partial charge is 0.338 e. The molecular formula is C26H33BrN2O3. The number of ether oxygens (including phenoxy) is 1. The molecule has 0 saturated carbocycles. The zero-order valence-corrected chi connectivity index (χ0v) is 20.6. The topological polar surface area (TPSA) is 72.6 Å². The molecule has 2 N–H and O–H groups in total. The number of primary amides is 1. The Hall–Kier alpha value is -2.34. The maximum absolute atomic E-state index is 12.8. The summed E-state index contributed by atoms with van der Waals surface area (Å²) in [6.45, 7) is 6.29. The van der Waals surface area contributed by atoms with Crippen LogP contribution in [0.4, 0.5) is 5.69 Å². The quantitative estimate of drug-likeness (QED) is 0.443. The Balaban J connectivity index is 2.02. The monoisotopic (exact) mass is 500 g/mol. The number of esters is 1. The molecule has 1 fully saturated rings. The molecule has 0 spiro atoms. The van der Waals surface area contributed by atoms with Crippen LogP contribution in [0.3, 0.4) is 0 Å². The first-order chi connectivity index (χ1) is 15.5. The van der Waals surface area contributed by atoms with Crippen molar-refractivity contribution in [2.75, 3.05) is 24.6 Å². The highest BCUT2D eigenvalue weighted by atomic mass is 79.9. The molecule has 1 aliphatic heterocycles. The van der Waals surface area contributed by atoms with E-state index in [1.807, 2.05) is 18.2 Å². The van der Waals surface area contributed by atoms with E-state index >= 15 is 0 Å². The van der Waals surface area contributed by atoms with Gasteiger partial charge in [-0.1, -0.05) is 47.5 Å². The highest BCUT2D eigenvalue weighted by Crippen LogP contribution is 2.42. The zero-order valence-electron chi connectivity index (χ0n) is 19.0. The zero-order chi connectivity index (χ0) is 23.1. The second-order valence-electron chi connectivity index (χ2n) is 8.37. The lowest BCUT2D eigenvalue weighted by Crippen LogP contribution is -2.32. The minimum absolute atomic E-state index is 0.0454. The fourth-order valence-electron chi connectivity index (χ4n) is 4.69. The predicted octanol–water partition coefficient (Wildman–Crippen LogP) is 5.77. The van der Waals surface area contributed by atoms with Crippen LogP contribution < -0.4 is 10.6 Å². The van der Waals surface area contributed by atoms with Crippen LogP contribution in [0.15, 0.2) is 46.9 Å². The van der Waals surface area contributed by atoms with Gasteiger partial charge in [0.1, 0.15) is 0 Å². The Labute approximate surface area is 199 Å². The summed E-state index contributed by atoms with van der Waals surface area (Å²) < 4.78 is 6.12. The molecule has 0 bridgehead atoms. The molecule has 0 radical (unpaired) electrons. The van der Waals surface area contributed by atoms with Gasteiger partial charge in [0.25, 0.3) is 0 Å². The van der Waals surface area contributed by atoms with Crippen molar-refractivity contribution in [2.24, 2.45) is 5.73 Å². The van der Waals surface area contributed by atoms with E-state index < -0.39 is 5.92 Å². The maximum Gasteiger partial charge on any atom is 0.338 e. The number of anilines is 1. The minimum Gasteiger partial charge on any atom is -0.462 e. The molecule has 6 heteroatoms. The van der Waals surface area contributed by atoms with E-state index in [1.54, 1.807) is 19.1 Å². The maximum atomic E-state index is 12.8. The van der Waals surface area contributed by atoms with Gasteiger partial charge in [0, 0.05) is 29.2 Å². The lowest BCUT2D eigenvalue weighted by molar-refractivity contribution is -0.120. The van der Waals surface area contributed by atoms with Gasteiger partial charge in [-0.25, -0.2) is 4.79 Å². The summed E-state index contributed by atoms with van der Waals surface area (Å²) in [4.78, 5) is 27.3. The third-order valence-electron chi connectivity index (χ3n) is 6.18. The van der Waals surface area contributed by atoms with Crippen LogP contribution in [-0.4, -0.2) is 31.6 Å². The summed E-state index contributed by atoms with van der Waals surface area (Å²) in [7, 11) is 0. The van der Waals surface area contributed by atoms with Crippen molar-refractivity contribution in [2.45, 2.75) is 57.8 Å². The number of hydrogen-bond acceptors (Lipinski definition) is 4. The Bertz CT molecular complexity index is 923. The molecule has 32 heavy (non-hydrogen) atoms. The molecule has 2 atom stereocenters. The number of benzene rings is 2. The van der Waals surface area contributed by atoms with Crippen LogP contribution in [0.5, 0.6) is 0 Å². The number of nitrogens with two attached hydrogens (primary N) is 1. The average Bonchev–Trinajstić information content (AvgIpc) is 2.80. The molecule has 3 rings (SSSR count). The van der Waals surface area contributed by atoms with Gasteiger partial charge in [0.05, 0.1) is 18.1 Å². The van der Waals surface area contributed by atoms with Gasteiger partial charge in [-0.15, -0.1) is 0 Å². The van der Waals surface area contributed by atoms with Crippen molar-refractivity contribution < 1.29 is 14.3 Å². The average molecular weight is 501 g/mol. The van der Waals surface area contributed by atoms with Crippen molar-refractivity contribution in [1.82, 2.24) is 0 Å². The normalized spacial score (nSPS) is 15.8. The van der Waals surface area contributed by atoms with Crippen molar-refractivity contribution in [3.05, 3.63) is 63.6 Å². The predicted molar refractivity (Wildman–Crippen MR) is 132 cm³/mol. The summed E-state index contributed by atoms with van der Waals surface area (Å²) >= 11 is 3.63. The second-order valence-corrected chi connectivity index (χ2v) is 9.28. The van der Waals surface area contributed by atoms with E-state index in [2.05, 4.69) is 39.9 Å². The van der Waals surface area contributed by atoms with Crippen molar-refractivity contribution in [1.29, 1.82) is 0 Å². The molecule has 1 heterocycles. The first-order valence-corrected chi connectivity index (χ1v) is 12.4. The number of amides is 1. The number of carbonyl (C=O) groups excluding carboxylic acids is 2. The highest BCUT2D eigenvalue weighted by Gasteiger charge is 2.32. The van der Waals surface area contributed by atoms with Gasteiger partial charge in [-0.2, -0.15) is 0 Å². The summed E-state index contributed by atoms with van der Waals surface area (Å²) in [5.74, 6) is -1.23. The molecule has 2 unspecified atom stereocenters. The number of rotatable bonds is 9. The van der Waals surface area contributed by atoms with Crippen LogP contribution in [0.25, 0.3) is 0 Å². The van der Waals surface area contributed by atoms with Crippen LogP contribution in [-0.2, 0) is 9.53 Å². The van der Waals surface area contributed by atoms with E-state index in [0.29, 0.717) is 12.2 Å². The van der Waals surface area contributed by atoms with E-state index in [4.69, 9.17) is 10.5 Å². The Morgan fingerprint density at radius 3 is 2.34 bits per heavy atom. The van der Waals surface area contributed by atoms with Gasteiger partial charge < -0.3 is 15.4 Å². The summed E-state index contributed by atoms with van der Waals surface area (Å²) in [6.07, 6.45) is 5.40. The van der Waals surface area contributed by atoms with Crippen molar-refractivity contribution in [3.63, 3.8) is 0 Å². The lowest BCUT2D eigenvalue weighted by Gasteiger charge is -2.34. The largest absolute Gasteiger partial charge is 0.462 e. The first-order valence-electron chi connectivity index (χ1n) is 11.6. The molecular weight excluding hydrogens is 468 g/mol. The molecule has 5 nitrogen and oxygen atoms in total. The molecule has 1 saturated heterocycles. The summed E-state index contributed by atoms with van der Waals surface area (Å²) in [5.41, 5.74) is 9.64. The molecule has 1 amide bonds. The van der Waals surface area contributed by atoms with Crippen molar-refractivity contribution in [3.8, 4) is 0 Å². The lowest BCUT2D eigenvalue weighted by atomic mass is 9.77. The fourth-order valence-corrected chi connectivity index (χ4v) is 5.04. The van der Waals surface area contributed by atoms with Crippen LogP contribution in [0.1, 0.15) is 79.3 Å². The van der Waals surface area contributed by atoms with Crippen LogP contribution in [0, 0.1) is 0 Å². The third kappa shape index (κ3) is 5.71. The van der Waals surface area contributed by atoms with Gasteiger partial charge in [0.2, 0.25) is 5.91 Å². The summed E-state index contributed by atoms with van der Waals surface area (Å²) in [5, 5.41) is 0. The van der Waals surface area contributed by atoms with E-state index in [1.165, 1.54) is 24.9 Å². The van der Waals surface area contributed by atoms with Crippen LogP contribution >= 0.6 is 15.9 Å². The number of halogens is 1.